The molecule has 3 aromatic rings. The van der Waals surface area contributed by atoms with Crippen LogP contribution in [0, 0.1) is 6.92 Å². The Labute approximate surface area is 233 Å². The molecule has 2 heterocycles. The second kappa shape index (κ2) is 12.1. The number of benzene rings is 3. The molecule has 2 aliphatic rings. The zero-order valence-electron chi connectivity index (χ0n) is 22.1. The fourth-order valence-electron chi connectivity index (χ4n) is 4.60. The molecular formula is C29H31N3O7S. The Bertz CT molecular complexity index is 1470. The number of sulfonamides is 1. The standard InChI is InChI=1S/C29H31N3O7S/c1-21-17-23(40(35,36)31-13-15-37-16-14-31)11-12-25(21)38-20-28(33)32-19-27(39-26-10-6-5-9-24(26)32)29(34)30-18-22-7-3-2-4-8-22/h2-12,17,27H,13-16,18-20H2,1H3,(H,30,34). The van der Waals surface area contributed by atoms with E-state index in [-0.39, 0.29) is 29.9 Å². The van der Waals surface area contributed by atoms with Crippen LogP contribution in [0.15, 0.2) is 77.7 Å². The molecule has 2 amide bonds. The number of fused-ring (bicyclic) bond motifs is 1. The molecule has 5 rings (SSSR count). The van der Waals surface area contributed by atoms with Gasteiger partial charge in [-0.25, -0.2) is 8.42 Å². The Morgan fingerprint density at radius 2 is 1.73 bits per heavy atom. The number of carbonyl (C=O) groups is 2. The highest BCUT2D eigenvalue weighted by Gasteiger charge is 2.34. The molecule has 1 atom stereocenters. The molecule has 1 unspecified atom stereocenters. The van der Waals surface area contributed by atoms with Gasteiger partial charge in [-0.3, -0.25) is 9.59 Å². The summed E-state index contributed by atoms with van der Waals surface area (Å²) in [5, 5.41) is 2.87. The first-order valence-corrected chi connectivity index (χ1v) is 14.5. The largest absolute Gasteiger partial charge is 0.483 e. The molecule has 0 radical (unpaired) electrons. The van der Waals surface area contributed by atoms with Crippen molar-refractivity contribution in [3.8, 4) is 11.5 Å². The van der Waals surface area contributed by atoms with E-state index in [1.165, 1.54) is 15.3 Å². The van der Waals surface area contributed by atoms with Crippen LogP contribution in [-0.2, 0) is 30.9 Å². The lowest BCUT2D eigenvalue weighted by molar-refractivity contribution is -0.128. The number of rotatable bonds is 8. The van der Waals surface area contributed by atoms with Crippen molar-refractivity contribution in [2.24, 2.45) is 0 Å². The predicted molar refractivity (Wildman–Crippen MR) is 148 cm³/mol. The van der Waals surface area contributed by atoms with E-state index in [0.29, 0.717) is 55.6 Å². The number of morpholine rings is 1. The fraction of sp³-hybridized carbons (Fsp3) is 0.310. The molecule has 1 fully saturated rings. The second-order valence-electron chi connectivity index (χ2n) is 9.51. The highest BCUT2D eigenvalue weighted by Crippen LogP contribution is 2.33. The van der Waals surface area contributed by atoms with Crippen LogP contribution in [-0.4, -0.2) is 70.1 Å². The van der Waals surface area contributed by atoms with Crippen LogP contribution in [0.25, 0.3) is 0 Å². The minimum Gasteiger partial charge on any atom is -0.483 e. The van der Waals surface area contributed by atoms with E-state index in [2.05, 4.69) is 5.32 Å². The molecule has 2 aliphatic heterocycles. The molecule has 40 heavy (non-hydrogen) atoms. The van der Waals surface area contributed by atoms with Crippen molar-refractivity contribution in [3.05, 3.63) is 83.9 Å². The maximum atomic E-state index is 13.3. The van der Waals surface area contributed by atoms with E-state index >= 15 is 0 Å². The third kappa shape index (κ3) is 6.11. The van der Waals surface area contributed by atoms with Gasteiger partial charge in [0, 0.05) is 19.6 Å². The van der Waals surface area contributed by atoms with Crippen LogP contribution in [0.3, 0.4) is 0 Å². The molecule has 1 saturated heterocycles. The van der Waals surface area contributed by atoms with E-state index in [4.69, 9.17) is 14.2 Å². The number of nitrogens with zero attached hydrogens (tertiary/aromatic N) is 2. The van der Waals surface area contributed by atoms with Gasteiger partial charge in [-0.2, -0.15) is 4.31 Å². The van der Waals surface area contributed by atoms with Crippen LogP contribution in [0.4, 0.5) is 5.69 Å². The van der Waals surface area contributed by atoms with Gasteiger partial charge >= 0.3 is 0 Å². The number of carbonyl (C=O) groups excluding carboxylic acids is 2. The molecule has 0 bridgehead atoms. The normalized spacial score (nSPS) is 17.4. The van der Waals surface area contributed by atoms with E-state index in [0.717, 1.165) is 5.56 Å². The fourth-order valence-corrected chi connectivity index (χ4v) is 6.10. The Balaban J connectivity index is 1.25. The van der Waals surface area contributed by atoms with Crippen molar-refractivity contribution >= 4 is 27.5 Å². The first-order valence-electron chi connectivity index (χ1n) is 13.0. The van der Waals surface area contributed by atoms with Crippen LogP contribution in [0.5, 0.6) is 11.5 Å². The van der Waals surface area contributed by atoms with Crippen LogP contribution in [0.2, 0.25) is 0 Å². The zero-order chi connectivity index (χ0) is 28.1. The summed E-state index contributed by atoms with van der Waals surface area (Å²) in [6.45, 7) is 3.13. The molecule has 210 valence electrons. The SMILES string of the molecule is Cc1cc(S(=O)(=O)N2CCOCC2)ccc1OCC(=O)N1CC(C(=O)NCc2ccccc2)Oc2ccccc21. The Kier molecular flexibility index (Phi) is 8.34. The third-order valence-electron chi connectivity index (χ3n) is 6.78. The quantitative estimate of drug-likeness (QED) is 0.446. The zero-order valence-corrected chi connectivity index (χ0v) is 22.9. The molecule has 11 heteroatoms. The summed E-state index contributed by atoms with van der Waals surface area (Å²) in [7, 11) is -3.65. The number of amides is 2. The second-order valence-corrected chi connectivity index (χ2v) is 11.5. The summed E-state index contributed by atoms with van der Waals surface area (Å²) < 4.78 is 44.4. The van der Waals surface area contributed by atoms with Gasteiger partial charge in [0.1, 0.15) is 11.5 Å². The van der Waals surface area contributed by atoms with E-state index in [9.17, 15) is 18.0 Å². The maximum Gasteiger partial charge on any atom is 0.265 e. The highest BCUT2D eigenvalue weighted by atomic mass is 32.2. The Hall–Kier alpha value is -3.93. The molecule has 3 aromatic carbocycles. The van der Waals surface area contributed by atoms with Crippen molar-refractivity contribution in [1.82, 2.24) is 9.62 Å². The van der Waals surface area contributed by atoms with Gasteiger partial charge < -0.3 is 24.4 Å². The lowest BCUT2D eigenvalue weighted by Crippen LogP contribution is -2.51. The highest BCUT2D eigenvalue weighted by molar-refractivity contribution is 7.89. The van der Waals surface area contributed by atoms with Crippen molar-refractivity contribution in [1.29, 1.82) is 0 Å². The van der Waals surface area contributed by atoms with Gasteiger partial charge in [-0.1, -0.05) is 42.5 Å². The van der Waals surface area contributed by atoms with Crippen molar-refractivity contribution in [2.75, 3.05) is 44.4 Å². The Morgan fingerprint density at radius 3 is 2.48 bits per heavy atom. The topological polar surface area (TPSA) is 114 Å². The van der Waals surface area contributed by atoms with Crippen LogP contribution in [0.1, 0.15) is 11.1 Å². The first-order chi connectivity index (χ1) is 19.3. The first kappa shape index (κ1) is 27.6. The Morgan fingerprint density at radius 1 is 1.00 bits per heavy atom. The average Bonchev–Trinajstić information content (AvgIpc) is 2.99. The van der Waals surface area contributed by atoms with Crippen molar-refractivity contribution in [3.63, 3.8) is 0 Å². The summed E-state index contributed by atoms with van der Waals surface area (Å²) in [5.41, 5.74) is 2.09. The lowest BCUT2D eigenvalue weighted by Gasteiger charge is -2.34. The van der Waals surface area contributed by atoms with E-state index in [1.54, 1.807) is 43.3 Å². The van der Waals surface area contributed by atoms with Gasteiger partial charge in [0.05, 0.1) is 30.3 Å². The van der Waals surface area contributed by atoms with E-state index < -0.39 is 16.1 Å². The van der Waals surface area contributed by atoms with Gasteiger partial charge in [-0.15, -0.1) is 0 Å². The summed E-state index contributed by atoms with van der Waals surface area (Å²) in [6, 6.07) is 21.1. The maximum absolute atomic E-state index is 13.3. The number of hydrogen-bond acceptors (Lipinski definition) is 7. The molecule has 0 spiro atoms. The number of aryl methyl sites for hydroxylation is 1. The van der Waals surface area contributed by atoms with Gasteiger partial charge in [-0.05, 0) is 48.4 Å². The smallest absolute Gasteiger partial charge is 0.265 e. The van der Waals surface area contributed by atoms with Gasteiger partial charge in [0.2, 0.25) is 10.0 Å². The number of anilines is 1. The monoisotopic (exact) mass is 565 g/mol. The number of nitrogens with one attached hydrogen (secondary N) is 1. The third-order valence-corrected chi connectivity index (χ3v) is 8.68. The predicted octanol–water partition coefficient (Wildman–Crippen LogP) is 2.51. The summed E-state index contributed by atoms with van der Waals surface area (Å²) >= 11 is 0. The number of hydrogen-bond donors (Lipinski definition) is 1. The van der Waals surface area contributed by atoms with E-state index in [1.807, 2.05) is 30.3 Å². The van der Waals surface area contributed by atoms with Crippen LogP contribution >= 0.6 is 0 Å². The van der Waals surface area contributed by atoms with Crippen molar-refractivity contribution in [2.45, 2.75) is 24.5 Å². The number of para-hydroxylation sites is 2. The molecule has 10 nitrogen and oxygen atoms in total. The summed E-state index contributed by atoms with van der Waals surface area (Å²) in [5.74, 6) is 0.134. The lowest BCUT2D eigenvalue weighted by atomic mass is 10.1. The molecule has 0 aliphatic carbocycles. The minimum atomic E-state index is -3.65. The van der Waals surface area contributed by atoms with Gasteiger partial charge in [0.25, 0.3) is 11.8 Å². The van der Waals surface area contributed by atoms with Gasteiger partial charge in [0.15, 0.2) is 12.7 Å². The minimum absolute atomic E-state index is 0.0234. The summed E-state index contributed by atoms with van der Waals surface area (Å²) in [4.78, 5) is 27.9. The van der Waals surface area contributed by atoms with Crippen LogP contribution < -0.4 is 19.7 Å². The molecule has 0 saturated carbocycles. The summed E-state index contributed by atoms with van der Waals surface area (Å²) in [6.07, 6.45) is -0.894. The number of ether oxygens (including phenoxy) is 3. The molecular weight excluding hydrogens is 534 g/mol. The average molecular weight is 566 g/mol. The molecule has 1 N–H and O–H groups in total. The molecule has 0 aromatic heterocycles. The van der Waals surface area contributed by atoms with Crippen molar-refractivity contribution < 1.29 is 32.2 Å².